The second kappa shape index (κ2) is 11.3. The first-order chi connectivity index (χ1) is 15.5. The first-order valence-corrected chi connectivity index (χ1v) is 12.3. The van der Waals surface area contributed by atoms with E-state index >= 15 is 0 Å². The number of esters is 1. The van der Waals surface area contributed by atoms with E-state index in [1.807, 2.05) is 27.7 Å². The second-order valence-electron chi connectivity index (χ2n) is 7.87. The molecule has 2 aromatic rings. The Morgan fingerprint density at radius 3 is 2.27 bits per heavy atom. The van der Waals surface area contributed by atoms with Crippen LogP contribution >= 0.6 is 11.6 Å². The van der Waals surface area contributed by atoms with E-state index in [0.717, 1.165) is 4.31 Å². The molecule has 9 heteroatoms. The van der Waals surface area contributed by atoms with E-state index < -0.39 is 22.6 Å². The number of sulfonamides is 1. The minimum atomic E-state index is -4.07. The molecule has 0 unspecified atom stereocenters. The topological polar surface area (TPSA) is 84.0 Å². The average Bonchev–Trinajstić information content (AvgIpc) is 2.76. The van der Waals surface area contributed by atoms with Crippen molar-refractivity contribution in [2.75, 3.05) is 17.5 Å². The predicted octanol–water partition coefficient (Wildman–Crippen LogP) is 4.52. The summed E-state index contributed by atoms with van der Waals surface area (Å²) in [7, 11) is -4.07. The molecule has 0 atom stereocenters. The summed E-state index contributed by atoms with van der Waals surface area (Å²) in [4.78, 5) is 26.5. The highest BCUT2D eigenvalue weighted by atomic mass is 35.5. The molecule has 0 radical (unpaired) electrons. The largest absolute Gasteiger partial charge is 0.452 e. The Bertz CT molecular complexity index is 1110. The van der Waals surface area contributed by atoms with Crippen LogP contribution in [-0.2, 0) is 19.6 Å². The number of anilines is 1. The Hall–Kier alpha value is -2.84. The molecule has 0 aliphatic rings. The van der Waals surface area contributed by atoms with Gasteiger partial charge >= 0.3 is 5.97 Å². The first-order valence-electron chi connectivity index (χ1n) is 10.5. The van der Waals surface area contributed by atoms with E-state index in [0.29, 0.717) is 5.69 Å². The van der Waals surface area contributed by atoms with Gasteiger partial charge in [0, 0.05) is 12.1 Å². The van der Waals surface area contributed by atoms with Crippen LogP contribution in [0.1, 0.15) is 38.1 Å². The summed E-state index contributed by atoms with van der Waals surface area (Å²) in [6.07, 6.45) is 1.44. The maximum absolute atomic E-state index is 13.4. The first kappa shape index (κ1) is 26.4. The number of nitrogens with zero attached hydrogens (tertiary/aromatic N) is 2. The van der Waals surface area contributed by atoms with Gasteiger partial charge in [0.05, 0.1) is 27.7 Å². The van der Waals surface area contributed by atoms with Crippen LogP contribution in [0.5, 0.6) is 0 Å². The molecule has 0 spiro atoms. The maximum atomic E-state index is 13.4. The summed E-state index contributed by atoms with van der Waals surface area (Å²) in [6.45, 7) is 10.7. The number of para-hydroxylation sites is 1. The van der Waals surface area contributed by atoms with E-state index in [4.69, 9.17) is 16.3 Å². The van der Waals surface area contributed by atoms with Crippen molar-refractivity contribution >= 4 is 39.2 Å². The molecule has 0 saturated carbocycles. The molecule has 1 amide bonds. The summed E-state index contributed by atoms with van der Waals surface area (Å²) >= 11 is 6.22. The average molecular weight is 493 g/mol. The molecule has 2 rings (SSSR count). The quantitative estimate of drug-likeness (QED) is 0.359. The molecule has 33 heavy (non-hydrogen) atoms. The molecule has 0 heterocycles. The van der Waals surface area contributed by atoms with Crippen molar-refractivity contribution in [3.63, 3.8) is 0 Å². The SMILES string of the molecule is C=CCN(c1ccccc1Cl)S(=O)(=O)c1cccc(C(=O)OCC(=O)N(C(C)C)C(C)C)c1. The van der Waals surface area contributed by atoms with Crippen LogP contribution in [0.2, 0.25) is 5.02 Å². The summed E-state index contributed by atoms with van der Waals surface area (Å²) in [5, 5.41) is 0.261. The van der Waals surface area contributed by atoms with Crippen molar-refractivity contribution in [1.82, 2.24) is 4.90 Å². The second-order valence-corrected chi connectivity index (χ2v) is 10.1. The number of carbonyl (C=O) groups is 2. The fourth-order valence-electron chi connectivity index (χ4n) is 3.47. The van der Waals surface area contributed by atoms with E-state index in [1.54, 1.807) is 29.2 Å². The highest BCUT2D eigenvalue weighted by Crippen LogP contribution is 2.30. The van der Waals surface area contributed by atoms with Gasteiger partial charge in [0.15, 0.2) is 6.61 Å². The number of amides is 1. The van der Waals surface area contributed by atoms with E-state index in [-0.39, 0.29) is 40.0 Å². The zero-order valence-corrected chi connectivity index (χ0v) is 20.8. The molecule has 2 aromatic carbocycles. The molecule has 0 aliphatic carbocycles. The smallest absolute Gasteiger partial charge is 0.338 e. The molecule has 0 saturated heterocycles. The van der Waals surface area contributed by atoms with E-state index in [1.165, 1.54) is 30.3 Å². The van der Waals surface area contributed by atoms with Crippen LogP contribution in [0.4, 0.5) is 5.69 Å². The fourth-order valence-corrected chi connectivity index (χ4v) is 5.25. The Balaban J connectivity index is 2.28. The third-order valence-corrected chi connectivity index (χ3v) is 6.90. The van der Waals surface area contributed by atoms with Crippen LogP contribution in [-0.4, -0.2) is 50.4 Å². The summed E-state index contributed by atoms with van der Waals surface area (Å²) in [5.41, 5.74) is 0.308. The Morgan fingerprint density at radius 2 is 1.70 bits per heavy atom. The van der Waals surface area contributed by atoms with Gasteiger partial charge in [-0.2, -0.15) is 0 Å². The van der Waals surface area contributed by atoms with Crippen molar-refractivity contribution in [3.8, 4) is 0 Å². The lowest BCUT2D eigenvalue weighted by atomic mass is 10.2. The van der Waals surface area contributed by atoms with Gasteiger partial charge in [-0.05, 0) is 58.0 Å². The zero-order valence-electron chi connectivity index (χ0n) is 19.2. The lowest BCUT2D eigenvalue weighted by Gasteiger charge is -2.30. The zero-order chi connectivity index (χ0) is 24.8. The molecule has 0 aliphatic heterocycles. The molecule has 178 valence electrons. The van der Waals surface area contributed by atoms with Gasteiger partial charge < -0.3 is 9.64 Å². The van der Waals surface area contributed by atoms with Gasteiger partial charge in [-0.1, -0.05) is 35.9 Å². The monoisotopic (exact) mass is 492 g/mol. The number of hydrogen-bond acceptors (Lipinski definition) is 5. The fraction of sp³-hybridized carbons (Fsp3) is 0.333. The Morgan fingerprint density at radius 1 is 1.06 bits per heavy atom. The van der Waals surface area contributed by atoms with Gasteiger partial charge in [0.25, 0.3) is 15.9 Å². The summed E-state index contributed by atoms with van der Waals surface area (Å²) in [6, 6.07) is 11.9. The lowest BCUT2D eigenvalue weighted by Crippen LogP contribution is -2.44. The molecule has 0 aromatic heterocycles. The third kappa shape index (κ3) is 6.36. The predicted molar refractivity (Wildman–Crippen MR) is 130 cm³/mol. The maximum Gasteiger partial charge on any atom is 0.338 e. The van der Waals surface area contributed by atoms with Gasteiger partial charge in [-0.3, -0.25) is 9.10 Å². The minimum Gasteiger partial charge on any atom is -0.452 e. The minimum absolute atomic E-state index is 0.0160. The van der Waals surface area contributed by atoms with E-state index in [9.17, 15) is 18.0 Å². The number of benzene rings is 2. The van der Waals surface area contributed by atoms with Crippen LogP contribution in [0.3, 0.4) is 0 Å². The highest BCUT2D eigenvalue weighted by molar-refractivity contribution is 7.92. The summed E-state index contributed by atoms with van der Waals surface area (Å²) < 4.78 is 33.0. The van der Waals surface area contributed by atoms with Crippen LogP contribution in [0, 0.1) is 0 Å². The number of ether oxygens (including phenoxy) is 1. The molecule has 0 bridgehead atoms. The number of rotatable bonds is 10. The Labute approximate surface area is 200 Å². The van der Waals surface area contributed by atoms with Crippen molar-refractivity contribution in [1.29, 1.82) is 0 Å². The molecular formula is C24H29ClN2O5S. The molecular weight excluding hydrogens is 464 g/mol. The van der Waals surface area contributed by atoms with Crippen LogP contribution in [0.25, 0.3) is 0 Å². The lowest BCUT2D eigenvalue weighted by molar-refractivity contribution is -0.138. The third-order valence-electron chi connectivity index (χ3n) is 4.80. The normalized spacial score (nSPS) is 11.4. The van der Waals surface area contributed by atoms with Crippen molar-refractivity contribution in [2.45, 2.75) is 44.7 Å². The van der Waals surface area contributed by atoms with Gasteiger partial charge in [-0.15, -0.1) is 6.58 Å². The van der Waals surface area contributed by atoms with Crippen molar-refractivity contribution < 1.29 is 22.7 Å². The van der Waals surface area contributed by atoms with E-state index in [2.05, 4.69) is 6.58 Å². The van der Waals surface area contributed by atoms with Crippen molar-refractivity contribution in [2.24, 2.45) is 0 Å². The molecule has 0 N–H and O–H groups in total. The van der Waals surface area contributed by atoms with Gasteiger partial charge in [0.2, 0.25) is 0 Å². The number of carbonyl (C=O) groups excluding carboxylic acids is 2. The van der Waals surface area contributed by atoms with Gasteiger partial charge in [-0.25, -0.2) is 13.2 Å². The van der Waals surface area contributed by atoms with Gasteiger partial charge in [0.1, 0.15) is 0 Å². The highest BCUT2D eigenvalue weighted by Gasteiger charge is 2.27. The summed E-state index contributed by atoms with van der Waals surface area (Å²) in [5.74, 6) is -1.12. The van der Waals surface area contributed by atoms with Crippen molar-refractivity contribution in [3.05, 3.63) is 71.8 Å². The van der Waals surface area contributed by atoms with Crippen LogP contribution < -0.4 is 4.31 Å². The number of hydrogen-bond donors (Lipinski definition) is 0. The standard InChI is InChI=1S/C24H29ClN2O5S/c1-6-14-26(22-13-8-7-12-21(22)25)33(30,31)20-11-9-10-19(15-20)24(29)32-16-23(28)27(17(2)3)18(4)5/h6-13,15,17-18H,1,14,16H2,2-5H3. The number of halogens is 1. The molecule has 7 nitrogen and oxygen atoms in total. The molecule has 0 fully saturated rings. The Kier molecular flexibility index (Phi) is 9.07. The van der Waals surface area contributed by atoms with Crippen LogP contribution in [0.15, 0.2) is 66.1 Å².